The molecule has 0 heteroatoms. The Morgan fingerprint density at radius 2 is 1.12 bits per heavy atom. The lowest BCUT2D eigenvalue weighted by Gasteiger charge is -2.32. The Bertz CT molecular complexity index is 1180. The van der Waals surface area contributed by atoms with E-state index in [4.69, 9.17) is 0 Å². The number of hydrogen-bond acceptors (Lipinski definition) is 0. The van der Waals surface area contributed by atoms with Crippen molar-refractivity contribution >= 4 is 0 Å². The minimum absolute atomic E-state index is 0.290. The van der Waals surface area contributed by atoms with Crippen LogP contribution in [0.2, 0.25) is 0 Å². The first-order valence-corrected chi connectivity index (χ1v) is 15.0. The molecule has 0 N–H and O–H groups in total. The maximum atomic E-state index is 2.37. The van der Waals surface area contributed by atoms with Gasteiger partial charge in [-0.3, -0.25) is 0 Å². The first kappa shape index (κ1) is 34.9. The highest BCUT2D eigenvalue weighted by molar-refractivity contribution is 5.37. The Kier molecular flexibility index (Phi) is 16.6. The summed E-state index contributed by atoms with van der Waals surface area (Å²) in [6.45, 7) is 22.1. The SMILES string of the molecule is CC(C)=CCC/C(C)=C/C=C/C(C)=C/C=C/C(C)=CC=CC=C(C)C=CC=C(C)C=CC1=C(C)CCCC1(C)C. The molecule has 0 saturated carbocycles. The van der Waals surface area contributed by atoms with Crippen molar-refractivity contribution in [2.75, 3.05) is 0 Å². The van der Waals surface area contributed by atoms with Gasteiger partial charge in [-0.1, -0.05) is 150 Å². The van der Waals surface area contributed by atoms with E-state index in [9.17, 15) is 0 Å². The summed E-state index contributed by atoms with van der Waals surface area (Å²) in [6.07, 6.45) is 40.9. The van der Waals surface area contributed by atoms with Crippen molar-refractivity contribution in [2.24, 2.45) is 5.41 Å². The molecule has 0 aromatic rings. The van der Waals surface area contributed by atoms with E-state index in [2.05, 4.69) is 166 Å². The standard InChI is InChI=1S/C40H56/c1-32(2)18-13-21-35(5)24-15-26-36(6)25-14-22-33(3)19-11-12-20-34(4)23-16-27-37(7)29-30-39-38(8)28-17-31-40(39,9)10/h11-12,14-16,18-20,22-27,29-30H,13,17,21,28,31H2,1-10H3/b12-11?,22-14+,23-16?,26-15+,30-29?,33-19?,34-20?,35-24+,36-25+,37-27?. The summed E-state index contributed by atoms with van der Waals surface area (Å²) in [5, 5.41) is 0. The molecule has 0 aromatic heterocycles. The minimum Gasteiger partial charge on any atom is -0.0856 e. The van der Waals surface area contributed by atoms with Gasteiger partial charge in [0, 0.05) is 0 Å². The van der Waals surface area contributed by atoms with E-state index in [1.807, 2.05) is 0 Å². The monoisotopic (exact) mass is 536 g/mol. The fourth-order valence-electron chi connectivity index (χ4n) is 4.60. The van der Waals surface area contributed by atoms with E-state index >= 15 is 0 Å². The van der Waals surface area contributed by atoms with Gasteiger partial charge in [0.15, 0.2) is 0 Å². The Balaban J connectivity index is 2.58. The van der Waals surface area contributed by atoms with Crippen LogP contribution >= 0.6 is 0 Å². The van der Waals surface area contributed by atoms with Gasteiger partial charge in [-0.05, 0) is 98.5 Å². The van der Waals surface area contributed by atoms with E-state index in [0.717, 1.165) is 12.8 Å². The molecule has 0 unspecified atom stereocenters. The Morgan fingerprint density at radius 1 is 0.650 bits per heavy atom. The molecule has 0 radical (unpaired) electrons. The second-order valence-electron chi connectivity index (χ2n) is 12.2. The molecule has 0 amide bonds. The lowest BCUT2D eigenvalue weighted by Crippen LogP contribution is -2.19. The normalized spacial score (nSPS) is 18.5. The highest BCUT2D eigenvalue weighted by Crippen LogP contribution is 2.40. The predicted molar refractivity (Wildman–Crippen MR) is 183 cm³/mol. The molecule has 0 atom stereocenters. The van der Waals surface area contributed by atoms with Gasteiger partial charge in [-0.15, -0.1) is 0 Å². The van der Waals surface area contributed by atoms with Gasteiger partial charge in [-0.25, -0.2) is 0 Å². The van der Waals surface area contributed by atoms with Crippen molar-refractivity contribution in [3.63, 3.8) is 0 Å². The minimum atomic E-state index is 0.290. The summed E-state index contributed by atoms with van der Waals surface area (Å²) in [5.41, 5.74) is 11.1. The lowest BCUT2D eigenvalue weighted by molar-refractivity contribution is 0.377. The molecule has 0 spiro atoms. The predicted octanol–water partition coefficient (Wildman–Crippen LogP) is 12.8. The highest BCUT2D eigenvalue weighted by Gasteiger charge is 2.26. The zero-order valence-electron chi connectivity index (χ0n) is 27.3. The molecule has 0 nitrogen and oxygen atoms in total. The van der Waals surface area contributed by atoms with Crippen LogP contribution in [0, 0.1) is 5.41 Å². The van der Waals surface area contributed by atoms with E-state index < -0.39 is 0 Å². The van der Waals surface area contributed by atoms with Gasteiger partial charge in [-0.2, -0.15) is 0 Å². The van der Waals surface area contributed by atoms with E-state index in [1.54, 1.807) is 5.57 Å². The van der Waals surface area contributed by atoms with Crippen LogP contribution in [0.3, 0.4) is 0 Å². The summed E-state index contributed by atoms with van der Waals surface area (Å²) < 4.78 is 0. The molecule has 216 valence electrons. The molecule has 0 fully saturated rings. The van der Waals surface area contributed by atoms with E-state index in [0.29, 0.717) is 0 Å². The van der Waals surface area contributed by atoms with Gasteiger partial charge in [0.2, 0.25) is 0 Å². The Labute approximate surface area is 248 Å². The molecule has 1 aliphatic carbocycles. The third kappa shape index (κ3) is 16.1. The maximum Gasteiger partial charge on any atom is -0.0104 e. The zero-order chi connectivity index (χ0) is 30.0. The van der Waals surface area contributed by atoms with Crippen molar-refractivity contribution in [1.29, 1.82) is 0 Å². The van der Waals surface area contributed by atoms with Crippen LogP contribution in [-0.2, 0) is 0 Å². The third-order valence-corrected chi connectivity index (χ3v) is 7.15. The lowest BCUT2D eigenvalue weighted by atomic mass is 9.72. The summed E-state index contributed by atoms with van der Waals surface area (Å²) in [5.74, 6) is 0. The number of allylic oxidation sites excluding steroid dienone is 24. The maximum absolute atomic E-state index is 2.37. The highest BCUT2D eigenvalue weighted by atomic mass is 14.3. The van der Waals surface area contributed by atoms with Crippen LogP contribution in [0.15, 0.2) is 142 Å². The second kappa shape index (κ2) is 19.0. The Morgan fingerprint density at radius 3 is 1.62 bits per heavy atom. The van der Waals surface area contributed by atoms with Crippen molar-refractivity contribution in [3.05, 3.63) is 142 Å². The van der Waals surface area contributed by atoms with Crippen LogP contribution in [0.4, 0.5) is 0 Å². The quantitative estimate of drug-likeness (QED) is 0.162. The first-order chi connectivity index (χ1) is 18.9. The fraction of sp³-hybridized carbons (Fsp3) is 0.400. The molecule has 1 rings (SSSR count). The van der Waals surface area contributed by atoms with Crippen LogP contribution in [-0.4, -0.2) is 0 Å². The largest absolute Gasteiger partial charge is 0.0856 e. The molecule has 0 bridgehead atoms. The van der Waals surface area contributed by atoms with Crippen LogP contribution in [0.1, 0.15) is 101 Å². The van der Waals surface area contributed by atoms with Gasteiger partial charge in [0.25, 0.3) is 0 Å². The molecule has 0 heterocycles. The molecule has 0 aromatic carbocycles. The van der Waals surface area contributed by atoms with Gasteiger partial charge in [0.05, 0.1) is 0 Å². The van der Waals surface area contributed by atoms with E-state index in [1.165, 1.54) is 58.3 Å². The topological polar surface area (TPSA) is 0 Å². The molecule has 0 saturated heterocycles. The van der Waals surface area contributed by atoms with Gasteiger partial charge < -0.3 is 0 Å². The van der Waals surface area contributed by atoms with Crippen molar-refractivity contribution in [3.8, 4) is 0 Å². The van der Waals surface area contributed by atoms with Crippen LogP contribution < -0.4 is 0 Å². The summed E-state index contributed by atoms with van der Waals surface area (Å²) in [7, 11) is 0. The molecule has 1 aliphatic rings. The van der Waals surface area contributed by atoms with Crippen molar-refractivity contribution in [1.82, 2.24) is 0 Å². The number of hydrogen-bond donors (Lipinski definition) is 0. The van der Waals surface area contributed by atoms with Crippen LogP contribution in [0.5, 0.6) is 0 Å². The summed E-state index contributed by atoms with van der Waals surface area (Å²) in [4.78, 5) is 0. The van der Waals surface area contributed by atoms with Crippen molar-refractivity contribution in [2.45, 2.75) is 101 Å². The van der Waals surface area contributed by atoms with E-state index in [-0.39, 0.29) is 5.41 Å². The average molecular weight is 537 g/mol. The fourth-order valence-corrected chi connectivity index (χ4v) is 4.60. The number of rotatable bonds is 13. The van der Waals surface area contributed by atoms with Crippen molar-refractivity contribution < 1.29 is 0 Å². The third-order valence-electron chi connectivity index (χ3n) is 7.15. The summed E-state index contributed by atoms with van der Waals surface area (Å²) >= 11 is 0. The Hall–Kier alpha value is -3.12. The molecule has 40 heavy (non-hydrogen) atoms. The summed E-state index contributed by atoms with van der Waals surface area (Å²) in [6, 6.07) is 0. The molecular weight excluding hydrogens is 480 g/mol. The van der Waals surface area contributed by atoms with Gasteiger partial charge in [0.1, 0.15) is 0 Å². The zero-order valence-corrected chi connectivity index (χ0v) is 27.3. The smallest absolute Gasteiger partial charge is 0.0104 e. The van der Waals surface area contributed by atoms with Gasteiger partial charge >= 0.3 is 0 Å². The molecular formula is C40H56. The average Bonchev–Trinajstić information content (AvgIpc) is 2.85. The first-order valence-electron chi connectivity index (χ1n) is 15.0. The molecule has 0 aliphatic heterocycles. The van der Waals surface area contributed by atoms with Crippen LogP contribution in [0.25, 0.3) is 0 Å². The second-order valence-corrected chi connectivity index (χ2v) is 12.2.